The molecule has 31 heavy (non-hydrogen) atoms. The van der Waals surface area contributed by atoms with Crippen molar-refractivity contribution in [3.63, 3.8) is 0 Å². The number of hydrazine groups is 1. The molecule has 0 radical (unpaired) electrons. The quantitative estimate of drug-likeness (QED) is 0.611. The topological polar surface area (TPSA) is 61.2 Å². The second kappa shape index (κ2) is 8.70. The lowest BCUT2D eigenvalue weighted by Crippen LogP contribution is -2.42. The molecule has 1 aliphatic heterocycles. The van der Waals surface area contributed by atoms with Crippen molar-refractivity contribution < 1.29 is 18.7 Å². The number of hydrogen-bond donors (Lipinski definition) is 2. The first-order chi connectivity index (χ1) is 14.9. The van der Waals surface area contributed by atoms with Gasteiger partial charge in [-0.3, -0.25) is 9.59 Å². The van der Waals surface area contributed by atoms with E-state index in [0.717, 1.165) is 11.1 Å². The Hall–Kier alpha value is -3.51. The second-order valence-electron chi connectivity index (χ2n) is 7.38. The standard InChI is InChI=1S/C24H19ClFN3O2/c1-15-3-2-4-18(13-15)23(30)27-21-22(17-7-9-19(25)10-8-17)29(28-24(21)31)14-16-5-11-20(26)12-6-16/h2-14,21-22H,1H3,(H-,27,28,30,31)/p+1/b29-14-/t21-,22-/m1/s1. The third-order valence-electron chi connectivity index (χ3n) is 5.07. The van der Waals surface area contributed by atoms with Crippen LogP contribution in [0.2, 0.25) is 5.02 Å². The number of amides is 2. The Morgan fingerprint density at radius 2 is 1.81 bits per heavy atom. The average molecular weight is 437 g/mol. The van der Waals surface area contributed by atoms with E-state index >= 15 is 0 Å². The second-order valence-corrected chi connectivity index (χ2v) is 7.82. The first kappa shape index (κ1) is 20.8. The lowest BCUT2D eigenvalue weighted by atomic mass is 9.99. The Morgan fingerprint density at radius 1 is 1.10 bits per heavy atom. The first-order valence-corrected chi connectivity index (χ1v) is 10.1. The van der Waals surface area contributed by atoms with Crippen molar-refractivity contribution in [3.05, 3.63) is 106 Å². The highest BCUT2D eigenvalue weighted by molar-refractivity contribution is 6.30. The molecule has 0 bridgehead atoms. The van der Waals surface area contributed by atoms with Gasteiger partial charge in [0.2, 0.25) is 12.3 Å². The van der Waals surface area contributed by atoms with E-state index in [1.54, 1.807) is 53.4 Å². The van der Waals surface area contributed by atoms with Crippen molar-refractivity contribution in [2.24, 2.45) is 0 Å². The highest BCUT2D eigenvalue weighted by Crippen LogP contribution is 2.27. The average Bonchev–Trinajstić information content (AvgIpc) is 3.05. The molecule has 1 heterocycles. The predicted octanol–water partition coefficient (Wildman–Crippen LogP) is 3.80. The Labute approximate surface area is 184 Å². The van der Waals surface area contributed by atoms with Crippen LogP contribution in [-0.2, 0) is 4.79 Å². The Balaban J connectivity index is 1.70. The molecule has 0 unspecified atom stereocenters. The van der Waals surface area contributed by atoms with Crippen LogP contribution in [0, 0.1) is 12.7 Å². The Bertz CT molecular complexity index is 1160. The normalized spacial score (nSPS) is 19.3. The van der Waals surface area contributed by atoms with E-state index < -0.39 is 12.1 Å². The summed E-state index contributed by atoms with van der Waals surface area (Å²) < 4.78 is 14.9. The molecule has 0 spiro atoms. The molecule has 2 atom stereocenters. The zero-order valence-electron chi connectivity index (χ0n) is 16.7. The van der Waals surface area contributed by atoms with Gasteiger partial charge in [-0.25, -0.2) is 4.39 Å². The third-order valence-corrected chi connectivity index (χ3v) is 5.33. The van der Waals surface area contributed by atoms with Crippen molar-refractivity contribution >= 4 is 29.6 Å². The van der Waals surface area contributed by atoms with Crippen LogP contribution < -0.4 is 10.7 Å². The third kappa shape index (κ3) is 4.64. The van der Waals surface area contributed by atoms with Crippen LogP contribution in [0.1, 0.15) is 33.1 Å². The maximum absolute atomic E-state index is 13.3. The highest BCUT2D eigenvalue weighted by Gasteiger charge is 2.47. The molecular weight excluding hydrogens is 417 g/mol. The molecule has 2 N–H and O–H groups in total. The molecule has 5 nitrogen and oxygen atoms in total. The number of benzene rings is 3. The molecule has 0 saturated carbocycles. The van der Waals surface area contributed by atoms with Gasteiger partial charge in [0.15, 0.2) is 6.04 Å². The molecule has 2 amide bonds. The number of carbonyl (C=O) groups excluding carboxylic acids is 2. The fraction of sp³-hybridized carbons (Fsp3) is 0.125. The summed E-state index contributed by atoms with van der Waals surface area (Å²) in [5, 5.41) is 3.42. The fourth-order valence-corrected chi connectivity index (χ4v) is 3.69. The number of rotatable bonds is 4. The molecule has 0 aromatic heterocycles. The molecule has 0 aliphatic carbocycles. The summed E-state index contributed by atoms with van der Waals surface area (Å²) in [6, 6.07) is 18.8. The van der Waals surface area contributed by atoms with Gasteiger partial charge in [-0.2, -0.15) is 0 Å². The monoisotopic (exact) mass is 436 g/mol. The molecule has 1 saturated heterocycles. The van der Waals surface area contributed by atoms with E-state index in [1.165, 1.54) is 12.1 Å². The van der Waals surface area contributed by atoms with Crippen LogP contribution in [0.25, 0.3) is 0 Å². The lowest BCUT2D eigenvalue weighted by molar-refractivity contribution is -0.596. The van der Waals surface area contributed by atoms with Crippen molar-refractivity contribution in [2.75, 3.05) is 0 Å². The van der Waals surface area contributed by atoms with Crippen LogP contribution in [0.5, 0.6) is 0 Å². The van der Waals surface area contributed by atoms with Gasteiger partial charge in [-0.1, -0.05) is 41.4 Å². The number of nitrogens with one attached hydrogen (secondary N) is 2. The summed E-state index contributed by atoms with van der Waals surface area (Å²) >= 11 is 6.03. The van der Waals surface area contributed by atoms with Crippen molar-refractivity contribution in [1.29, 1.82) is 0 Å². The number of nitrogens with zero attached hydrogens (tertiary/aromatic N) is 1. The summed E-state index contributed by atoms with van der Waals surface area (Å²) in [5.41, 5.74) is 5.71. The molecule has 1 fully saturated rings. The van der Waals surface area contributed by atoms with E-state index in [0.29, 0.717) is 16.1 Å². The van der Waals surface area contributed by atoms with Gasteiger partial charge >= 0.3 is 5.91 Å². The largest absolute Gasteiger partial charge is 0.334 e. The van der Waals surface area contributed by atoms with E-state index in [2.05, 4.69) is 10.7 Å². The molecular formula is C24H20ClFN3O2+. The Morgan fingerprint density at radius 3 is 2.48 bits per heavy atom. The predicted molar refractivity (Wildman–Crippen MR) is 117 cm³/mol. The minimum Gasteiger partial charge on any atom is -0.334 e. The SMILES string of the molecule is Cc1cccc(C(=O)N[C@H]2C(=O)N/[N+](=C\c3ccc(F)cc3)[C@@H]2c2ccc(Cl)cc2)c1. The number of hydrogen-bond acceptors (Lipinski definition) is 2. The lowest BCUT2D eigenvalue weighted by Gasteiger charge is -2.15. The maximum atomic E-state index is 13.3. The molecule has 1 aliphatic rings. The molecule has 156 valence electrons. The minimum absolute atomic E-state index is 0.341. The van der Waals surface area contributed by atoms with Crippen LogP contribution >= 0.6 is 11.6 Å². The zero-order valence-corrected chi connectivity index (χ0v) is 17.4. The molecule has 4 rings (SSSR count). The summed E-state index contributed by atoms with van der Waals surface area (Å²) in [6.07, 6.45) is 1.70. The van der Waals surface area contributed by atoms with Crippen molar-refractivity contribution in [2.45, 2.75) is 19.0 Å². The maximum Gasteiger partial charge on any atom is 0.304 e. The van der Waals surface area contributed by atoms with Crippen LogP contribution in [0.4, 0.5) is 4.39 Å². The summed E-state index contributed by atoms with van der Waals surface area (Å²) in [6.45, 7) is 1.90. The molecule has 3 aromatic carbocycles. The van der Waals surface area contributed by atoms with Gasteiger partial charge in [0.1, 0.15) is 5.82 Å². The van der Waals surface area contributed by atoms with Crippen molar-refractivity contribution in [1.82, 2.24) is 10.7 Å². The number of carbonyl (C=O) groups is 2. The molecule has 3 aromatic rings. The van der Waals surface area contributed by atoms with Gasteiger partial charge < -0.3 is 5.32 Å². The highest BCUT2D eigenvalue weighted by atomic mass is 35.5. The Kier molecular flexibility index (Phi) is 5.82. The zero-order chi connectivity index (χ0) is 22.0. The van der Waals surface area contributed by atoms with Crippen LogP contribution in [0.15, 0.2) is 72.8 Å². The summed E-state index contributed by atoms with van der Waals surface area (Å²) in [7, 11) is 0. The summed E-state index contributed by atoms with van der Waals surface area (Å²) in [4.78, 5) is 25.7. The van der Waals surface area contributed by atoms with Gasteiger partial charge in [0, 0.05) is 21.7 Å². The molecule has 7 heteroatoms. The first-order valence-electron chi connectivity index (χ1n) is 9.73. The van der Waals surface area contributed by atoms with E-state index in [-0.39, 0.29) is 17.6 Å². The van der Waals surface area contributed by atoms with Gasteiger partial charge in [-0.05, 0) is 55.5 Å². The number of halogens is 2. The smallest absolute Gasteiger partial charge is 0.304 e. The van der Waals surface area contributed by atoms with Crippen LogP contribution in [-0.4, -0.2) is 28.8 Å². The minimum atomic E-state index is -0.842. The van der Waals surface area contributed by atoms with E-state index in [1.807, 2.05) is 25.1 Å². The van der Waals surface area contributed by atoms with Crippen LogP contribution in [0.3, 0.4) is 0 Å². The van der Waals surface area contributed by atoms with Gasteiger partial charge in [-0.15, -0.1) is 10.1 Å². The van der Waals surface area contributed by atoms with Crippen molar-refractivity contribution in [3.8, 4) is 0 Å². The van der Waals surface area contributed by atoms with E-state index in [9.17, 15) is 14.0 Å². The fourth-order valence-electron chi connectivity index (χ4n) is 3.56. The number of aryl methyl sites for hydroxylation is 1. The summed E-state index contributed by atoms with van der Waals surface area (Å²) in [5.74, 6) is -1.04. The van der Waals surface area contributed by atoms with E-state index in [4.69, 9.17) is 11.6 Å². The van der Waals surface area contributed by atoms with Gasteiger partial charge in [0.05, 0.1) is 0 Å². The van der Waals surface area contributed by atoms with Gasteiger partial charge in [0.25, 0.3) is 5.91 Å². The number of hydrazone groups is 1.